The van der Waals surface area contributed by atoms with Crippen molar-refractivity contribution in [3.8, 4) is 0 Å². The molecule has 5 heteroatoms. The minimum Gasteiger partial charge on any atom is -0.311 e. The summed E-state index contributed by atoms with van der Waals surface area (Å²) >= 11 is 5.93. The number of hydrogen-bond donors (Lipinski definition) is 1. The maximum Gasteiger partial charge on any atom is 0.261 e. The second-order valence-electron chi connectivity index (χ2n) is 4.19. The van der Waals surface area contributed by atoms with Gasteiger partial charge in [0.25, 0.3) is 5.56 Å². The molecule has 1 aromatic carbocycles. The molecule has 18 heavy (non-hydrogen) atoms. The van der Waals surface area contributed by atoms with E-state index in [9.17, 15) is 4.79 Å². The van der Waals surface area contributed by atoms with Crippen LogP contribution in [0, 0.1) is 0 Å². The Bertz CT molecular complexity index is 636. The van der Waals surface area contributed by atoms with E-state index in [0.717, 1.165) is 5.82 Å². The molecule has 0 radical (unpaired) electrons. The van der Waals surface area contributed by atoms with Crippen LogP contribution in [0.2, 0.25) is 5.02 Å². The molecule has 1 atom stereocenters. The van der Waals surface area contributed by atoms with Crippen LogP contribution in [0.4, 0.5) is 0 Å². The van der Waals surface area contributed by atoms with Crippen molar-refractivity contribution in [3.63, 3.8) is 0 Å². The summed E-state index contributed by atoms with van der Waals surface area (Å²) in [5, 5.41) is 4.23. The summed E-state index contributed by atoms with van der Waals surface area (Å²) in [6, 6.07) is 5.23. The van der Waals surface area contributed by atoms with Crippen LogP contribution in [0.5, 0.6) is 0 Å². The third kappa shape index (κ3) is 2.13. The van der Waals surface area contributed by atoms with E-state index in [4.69, 9.17) is 11.6 Å². The van der Waals surface area contributed by atoms with Crippen LogP contribution < -0.4 is 10.9 Å². The van der Waals surface area contributed by atoms with Crippen molar-refractivity contribution in [2.75, 3.05) is 7.05 Å². The lowest BCUT2D eigenvalue weighted by Crippen LogP contribution is -2.29. The van der Waals surface area contributed by atoms with E-state index in [-0.39, 0.29) is 11.6 Å². The van der Waals surface area contributed by atoms with Gasteiger partial charge >= 0.3 is 0 Å². The summed E-state index contributed by atoms with van der Waals surface area (Å²) in [6.45, 7) is 4.51. The summed E-state index contributed by atoms with van der Waals surface area (Å²) in [7, 11) is 1.85. The van der Waals surface area contributed by atoms with Crippen LogP contribution in [0.3, 0.4) is 0 Å². The van der Waals surface area contributed by atoms with Gasteiger partial charge < -0.3 is 5.32 Å². The van der Waals surface area contributed by atoms with Crippen LogP contribution in [0.1, 0.15) is 25.7 Å². The Morgan fingerprint density at radius 2 is 2.22 bits per heavy atom. The number of fused-ring (bicyclic) bond motifs is 1. The van der Waals surface area contributed by atoms with Crippen LogP contribution in [0.25, 0.3) is 10.9 Å². The summed E-state index contributed by atoms with van der Waals surface area (Å²) in [5.74, 6) is 0.750. The van der Waals surface area contributed by atoms with E-state index >= 15 is 0 Å². The molecule has 0 bridgehead atoms. The van der Waals surface area contributed by atoms with Crippen molar-refractivity contribution in [2.45, 2.75) is 26.4 Å². The minimum atomic E-state index is -0.0397. The molecule has 2 aromatic rings. The molecule has 1 aromatic heterocycles. The molecule has 0 saturated heterocycles. The van der Waals surface area contributed by atoms with Gasteiger partial charge in [-0.25, -0.2) is 4.98 Å². The van der Waals surface area contributed by atoms with E-state index in [1.54, 1.807) is 22.8 Å². The SMILES string of the molecule is CCn1c([C@@H](C)NC)nc2ccc(Cl)cc2c1=O. The Balaban J connectivity index is 2.81. The first kappa shape index (κ1) is 13.1. The van der Waals surface area contributed by atoms with Gasteiger partial charge in [-0.2, -0.15) is 0 Å². The Kier molecular flexibility index (Phi) is 3.68. The van der Waals surface area contributed by atoms with E-state index in [1.807, 2.05) is 20.9 Å². The third-order valence-corrected chi connectivity index (χ3v) is 3.32. The van der Waals surface area contributed by atoms with Crippen molar-refractivity contribution in [1.82, 2.24) is 14.9 Å². The third-order valence-electron chi connectivity index (χ3n) is 3.08. The maximum absolute atomic E-state index is 12.4. The Labute approximate surface area is 111 Å². The van der Waals surface area contributed by atoms with Crippen molar-refractivity contribution >= 4 is 22.5 Å². The Hall–Kier alpha value is -1.39. The lowest BCUT2D eigenvalue weighted by atomic mass is 10.2. The smallest absolute Gasteiger partial charge is 0.261 e. The van der Waals surface area contributed by atoms with Crippen LogP contribution >= 0.6 is 11.6 Å². The first-order chi connectivity index (χ1) is 8.58. The average molecular weight is 266 g/mol. The van der Waals surface area contributed by atoms with Crippen LogP contribution in [-0.2, 0) is 6.54 Å². The number of rotatable bonds is 3. The van der Waals surface area contributed by atoms with Gasteiger partial charge in [0.05, 0.1) is 16.9 Å². The quantitative estimate of drug-likeness (QED) is 0.927. The standard InChI is InChI=1S/C13H16ClN3O/c1-4-17-12(8(2)15-3)16-11-6-5-9(14)7-10(11)13(17)18/h5-8,15H,4H2,1-3H3/t8-/m1/s1. The second kappa shape index (κ2) is 5.08. The zero-order chi connectivity index (χ0) is 13.3. The molecule has 1 N–H and O–H groups in total. The monoisotopic (exact) mass is 265 g/mol. The summed E-state index contributed by atoms with van der Waals surface area (Å²) in [6.07, 6.45) is 0. The molecule has 0 spiro atoms. The minimum absolute atomic E-state index is 0.0257. The summed E-state index contributed by atoms with van der Waals surface area (Å²) in [4.78, 5) is 16.9. The van der Waals surface area contributed by atoms with E-state index in [1.165, 1.54) is 0 Å². The molecular weight excluding hydrogens is 250 g/mol. The fraction of sp³-hybridized carbons (Fsp3) is 0.385. The highest BCUT2D eigenvalue weighted by Crippen LogP contribution is 2.17. The van der Waals surface area contributed by atoms with E-state index < -0.39 is 0 Å². The molecule has 0 unspecified atom stereocenters. The largest absolute Gasteiger partial charge is 0.311 e. The van der Waals surface area contributed by atoms with Crippen molar-refractivity contribution in [3.05, 3.63) is 39.4 Å². The highest BCUT2D eigenvalue weighted by molar-refractivity contribution is 6.31. The van der Waals surface area contributed by atoms with Crippen molar-refractivity contribution in [2.24, 2.45) is 0 Å². The number of nitrogens with zero attached hydrogens (tertiary/aromatic N) is 2. The molecule has 0 aliphatic rings. The number of benzene rings is 1. The normalized spacial score (nSPS) is 12.9. The predicted octanol–water partition coefficient (Wildman–Crippen LogP) is 2.35. The van der Waals surface area contributed by atoms with Gasteiger partial charge in [-0.1, -0.05) is 11.6 Å². The number of hydrogen-bond acceptors (Lipinski definition) is 3. The van der Waals surface area contributed by atoms with Crippen molar-refractivity contribution < 1.29 is 0 Å². The van der Waals surface area contributed by atoms with Gasteiger partial charge in [-0.3, -0.25) is 9.36 Å². The molecular formula is C13H16ClN3O. The molecule has 0 amide bonds. The second-order valence-corrected chi connectivity index (χ2v) is 4.63. The molecule has 2 rings (SSSR count). The van der Waals surface area contributed by atoms with Crippen molar-refractivity contribution in [1.29, 1.82) is 0 Å². The Morgan fingerprint density at radius 1 is 1.50 bits per heavy atom. The number of aromatic nitrogens is 2. The van der Waals surface area contributed by atoms with Gasteiger partial charge in [0, 0.05) is 11.6 Å². The van der Waals surface area contributed by atoms with Crippen LogP contribution in [0.15, 0.2) is 23.0 Å². The average Bonchev–Trinajstić information content (AvgIpc) is 2.38. The van der Waals surface area contributed by atoms with Gasteiger partial charge in [-0.05, 0) is 39.1 Å². The summed E-state index contributed by atoms with van der Waals surface area (Å²) < 4.78 is 1.68. The molecule has 1 heterocycles. The van der Waals surface area contributed by atoms with Gasteiger partial charge in [-0.15, -0.1) is 0 Å². The lowest BCUT2D eigenvalue weighted by molar-refractivity contribution is 0.544. The number of nitrogens with one attached hydrogen (secondary N) is 1. The van der Waals surface area contributed by atoms with E-state index in [2.05, 4.69) is 10.3 Å². The predicted molar refractivity (Wildman–Crippen MR) is 74.2 cm³/mol. The molecule has 0 fully saturated rings. The van der Waals surface area contributed by atoms with Crippen LogP contribution in [-0.4, -0.2) is 16.6 Å². The fourth-order valence-electron chi connectivity index (χ4n) is 1.98. The van der Waals surface area contributed by atoms with Gasteiger partial charge in [0.1, 0.15) is 5.82 Å². The molecule has 0 aliphatic carbocycles. The first-order valence-electron chi connectivity index (χ1n) is 5.95. The summed E-state index contributed by atoms with van der Waals surface area (Å²) in [5.41, 5.74) is 0.647. The molecule has 96 valence electrons. The molecule has 0 saturated carbocycles. The Morgan fingerprint density at radius 3 is 2.83 bits per heavy atom. The van der Waals surface area contributed by atoms with E-state index in [0.29, 0.717) is 22.5 Å². The van der Waals surface area contributed by atoms with Gasteiger partial charge in [0.2, 0.25) is 0 Å². The lowest BCUT2D eigenvalue weighted by Gasteiger charge is -2.16. The number of halogens is 1. The zero-order valence-corrected chi connectivity index (χ0v) is 11.5. The highest BCUT2D eigenvalue weighted by atomic mass is 35.5. The van der Waals surface area contributed by atoms with Gasteiger partial charge in [0.15, 0.2) is 0 Å². The maximum atomic E-state index is 12.4. The first-order valence-corrected chi connectivity index (χ1v) is 6.33. The zero-order valence-electron chi connectivity index (χ0n) is 10.7. The molecule has 4 nitrogen and oxygen atoms in total. The topological polar surface area (TPSA) is 46.9 Å². The molecule has 0 aliphatic heterocycles. The fourth-order valence-corrected chi connectivity index (χ4v) is 2.15. The highest BCUT2D eigenvalue weighted by Gasteiger charge is 2.14.